The molecule has 1 aromatic carbocycles. The molecule has 0 aliphatic rings. The molecule has 166 valence electrons. The predicted molar refractivity (Wildman–Crippen MR) is 126 cm³/mol. The van der Waals surface area contributed by atoms with Gasteiger partial charge in [0.05, 0.1) is 13.2 Å². The van der Waals surface area contributed by atoms with Crippen LogP contribution in [-0.4, -0.2) is 37.7 Å². The van der Waals surface area contributed by atoms with E-state index in [0.29, 0.717) is 30.7 Å². The molecule has 2 aromatic rings. The van der Waals surface area contributed by atoms with Gasteiger partial charge in [0, 0.05) is 43.5 Å². The van der Waals surface area contributed by atoms with Gasteiger partial charge in [-0.25, -0.2) is 4.98 Å². The number of aliphatic imine (C=N–C) groups is 1. The fourth-order valence-corrected chi connectivity index (χ4v) is 2.97. The average molecular weight is 445 g/mol. The molecule has 31 heavy (non-hydrogen) atoms. The van der Waals surface area contributed by atoms with Gasteiger partial charge in [0.1, 0.15) is 0 Å². The zero-order valence-electron chi connectivity index (χ0n) is 18.2. The van der Waals surface area contributed by atoms with E-state index in [1.807, 2.05) is 45.2 Å². The second kappa shape index (κ2) is 13.6. The molecule has 1 N–H and O–H groups in total. The van der Waals surface area contributed by atoms with E-state index in [2.05, 4.69) is 20.5 Å². The van der Waals surface area contributed by atoms with Crippen molar-refractivity contribution in [2.45, 2.75) is 33.4 Å². The normalized spacial score (nSPS) is 12.1. The minimum Gasteiger partial charge on any atom is -0.478 e. The van der Waals surface area contributed by atoms with E-state index in [1.54, 1.807) is 18.3 Å². The average Bonchev–Trinajstić information content (AvgIpc) is 2.78. The van der Waals surface area contributed by atoms with Crippen molar-refractivity contribution in [2.75, 3.05) is 26.9 Å². The Morgan fingerprint density at radius 1 is 1.26 bits per heavy atom. The van der Waals surface area contributed by atoms with Crippen molar-refractivity contribution in [3.8, 4) is 5.88 Å². The largest absolute Gasteiger partial charge is 0.478 e. The summed E-state index contributed by atoms with van der Waals surface area (Å²) in [5.74, 6) is 0.649. The molecule has 0 fully saturated rings. The third kappa shape index (κ3) is 8.57. The fraction of sp³-hybridized carbons (Fsp3) is 0.391. The van der Waals surface area contributed by atoms with Crippen molar-refractivity contribution in [3.63, 3.8) is 0 Å². The van der Waals surface area contributed by atoms with E-state index in [9.17, 15) is 4.91 Å². The van der Waals surface area contributed by atoms with Gasteiger partial charge < -0.3 is 14.8 Å². The van der Waals surface area contributed by atoms with Crippen LogP contribution in [0, 0.1) is 4.91 Å². The first-order chi connectivity index (χ1) is 15.1. The van der Waals surface area contributed by atoms with Gasteiger partial charge in [-0.1, -0.05) is 23.7 Å². The van der Waals surface area contributed by atoms with Crippen LogP contribution in [0.5, 0.6) is 5.88 Å². The highest BCUT2D eigenvalue weighted by Crippen LogP contribution is 2.20. The third-order valence-electron chi connectivity index (χ3n) is 4.42. The van der Waals surface area contributed by atoms with E-state index in [4.69, 9.17) is 21.1 Å². The van der Waals surface area contributed by atoms with Crippen LogP contribution in [0.15, 0.2) is 52.8 Å². The molecule has 0 radical (unpaired) electrons. The number of allylic oxidation sites excluding steroid dienone is 1. The van der Waals surface area contributed by atoms with E-state index >= 15 is 0 Å². The van der Waals surface area contributed by atoms with Crippen molar-refractivity contribution < 1.29 is 9.47 Å². The summed E-state index contributed by atoms with van der Waals surface area (Å²) in [4.78, 5) is 19.9. The number of pyridine rings is 1. The molecule has 0 aliphatic carbocycles. The monoisotopic (exact) mass is 444 g/mol. The molecule has 7 nitrogen and oxygen atoms in total. The Morgan fingerprint density at radius 2 is 2.10 bits per heavy atom. The topological polar surface area (TPSA) is 85.2 Å². The fourth-order valence-electron chi connectivity index (χ4n) is 2.79. The standard InChI is InChI=1S/C23H29ClN4O3/c1-4-30-10-5-11-31-23-9-7-19(15-27-23)17(2)12-22(28-29)26-16-20-13-18(14-25-3)6-8-21(20)24/h6-9,12-13,15,25H,4-5,10-11,14,16H2,1-3H3/b17-12+,26-22+. The minimum absolute atomic E-state index is 0.101. The quantitative estimate of drug-likeness (QED) is 0.215. The summed E-state index contributed by atoms with van der Waals surface area (Å²) < 4.78 is 10.9. The lowest BCUT2D eigenvalue weighted by Gasteiger charge is -2.07. The maximum Gasteiger partial charge on any atom is 0.213 e. The predicted octanol–water partition coefficient (Wildman–Crippen LogP) is 5.03. The van der Waals surface area contributed by atoms with Crippen molar-refractivity contribution in [1.29, 1.82) is 0 Å². The number of nitroso groups, excluding NO2 is 1. The minimum atomic E-state index is 0.101. The van der Waals surface area contributed by atoms with Gasteiger partial charge >= 0.3 is 0 Å². The van der Waals surface area contributed by atoms with Crippen LogP contribution < -0.4 is 10.1 Å². The number of nitrogens with zero attached hydrogens (tertiary/aromatic N) is 3. The lowest BCUT2D eigenvalue weighted by Crippen LogP contribution is -2.05. The summed E-state index contributed by atoms with van der Waals surface area (Å²) >= 11 is 6.26. The zero-order chi connectivity index (χ0) is 22.5. The highest BCUT2D eigenvalue weighted by Gasteiger charge is 2.05. The molecule has 1 heterocycles. The Kier molecular flexibility index (Phi) is 10.9. The lowest BCUT2D eigenvalue weighted by atomic mass is 10.1. The van der Waals surface area contributed by atoms with Crippen LogP contribution in [-0.2, 0) is 17.8 Å². The first-order valence-corrected chi connectivity index (χ1v) is 10.6. The van der Waals surface area contributed by atoms with E-state index in [-0.39, 0.29) is 12.4 Å². The van der Waals surface area contributed by atoms with Crippen molar-refractivity contribution in [3.05, 3.63) is 69.2 Å². The lowest BCUT2D eigenvalue weighted by molar-refractivity contribution is 0.130. The number of hydrogen-bond donors (Lipinski definition) is 1. The van der Waals surface area contributed by atoms with Crippen LogP contribution in [0.4, 0.5) is 0 Å². The van der Waals surface area contributed by atoms with Gasteiger partial charge in [0.2, 0.25) is 5.88 Å². The molecule has 0 unspecified atom stereocenters. The number of nitrogens with one attached hydrogen (secondary N) is 1. The molecule has 0 aliphatic heterocycles. The summed E-state index contributed by atoms with van der Waals surface area (Å²) in [6.07, 6.45) is 4.14. The second-order valence-electron chi connectivity index (χ2n) is 6.83. The van der Waals surface area contributed by atoms with Gasteiger partial charge in [-0.3, -0.25) is 4.99 Å². The number of hydrogen-bond acceptors (Lipinski definition) is 6. The smallest absolute Gasteiger partial charge is 0.213 e. The Hall–Kier alpha value is -2.61. The van der Waals surface area contributed by atoms with Gasteiger partial charge in [-0.15, -0.1) is 4.91 Å². The second-order valence-corrected chi connectivity index (χ2v) is 7.24. The first-order valence-electron chi connectivity index (χ1n) is 10.2. The number of benzene rings is 1. The summed E-state index contributed by atoms with van der Waals surface area (Å²) in [7, 11) is 1.88. The van der Waals surface area contributed by atoms with Crippen LogP contribution in [0.2, 0.25) is 5.02 Å². The number of rotatable bonds is 12. The number of aromatic nitrogens is 1. The Bertz CT molecular complexity index is 898. The molecule has 8 heteroatoms. The van der Waals surface area contributed by atoms with Crippen molar-refractivity contribution in [2.24, 2.45) is 10.2 Å². The van der Waals surface area contributed by atoms with Crippen molar-refractivity contribution in [1.82, 2.24) is 10.3 Å². The van der Waals surface area contributed by atoms with Crippen LogP contribution in [0.3, 0.4) is 0 Å². The summed E-state index contributed by atoms with van der Waals surface area (Å²) in [5, 5.41) is 6.75. The summed E-state index contributed by atoms with van der Waals surface area (Å²) in [5.41, 5.74) is 3.61. The molecule has 0 saturated carbocycles. The molecule has 0 atom stereocenters. The Morgan fingerprint density at radius 3 is 2.77 bits per heavy atom. The highest BCUT2D eigenvalue weighted by atomic mass is 35.5. The molecular formula is C23H29ClN4O3. The van der Waals surface area contributed by atoms with E-state index < -0.39 is 0 Å². The number of ether oxygens (including phenoxy) is 2. The maximum atomic E-state index is 11.3. The molecule has 1 aromatic heterocycles. The maximum absolute atomic E-state index is 11.3. The first kappa shape index (κ1) is 24.7. The Labute approximate surface area is 188 Å². The molecular weight excluding hydrogens is 416 g/mol. The number of halogens is 1. The summed E-state index contributed by atoms with van der Waals surface area (Å²) in [6.45, 7) is 6.76. The molecule has 0 saturated heterocycles. The van der Waals surface area contributed by atoms with Crippen LogP contribution in [0.1, 0.15) is 37.0 Å². The molecule has 0 amide bonds. The van der Waals surface area contributed by atoms with Gasteiger partial charge in [0.25, 0.3) is 0 Å². The third-order valence-corrected chi connectivity index (χ3v) is 4.79. The highest BCUT2D eigenvalue weighted by molar-refractivity contribution is 6.31. The number of amidine groups is 1. The zero-order valence-corrected chi connectivity index (χ0v) is 19.0. The molecule has 0 bridgehead atoms. The van der Waals surface area contributed by atoms with Gasteiger partial charge in [0.15, 0.2) is 5.84 Å². The summed E-state index contributed by atoms with van der Waals surface area (Å²) in [6, 6.07) is 9.44. The van der Waals surface area contributed by atoms with Crippen molar-refractivity contribution >= 4 is 23.0 Å². The van der Waals surface area contributed by atoms with Crippen LogP contribution in [0.25, 0.3) is 5.57 Å². The SMILES string of the molecule is CCOCCCOc1ccc(/C(C)=C/C(N=O)=N\Cc2cc(CNC)ccc2Cl)cn1. The van der Waals surface area contributed by atoms with E-state index in [1.165, 1.54) is 0 Å². The molecule has 0 spiro atoms. The molecule has 2 rings (SSSR count). The Balaban J connectivity index is 2.01. The van der Waals surface area contributed by atoms with Gasteiger partial charge in [-0.05, 0) is 66.5 Å². The van der Waals surface area contributed by atoms with Gasteiger partial charge in [-0.2, -0.15) is 0 Å². The van der Waals surface area contributed by atoms with E-state index in [0.717, 1.165) is 35.2 Å². The van der Waals surface area contributed by atoms with Crippen LogP contribution >= 0.6 is 11.6 Å².